The van der Waals surface area contributed by atoms with Gasteiger partial charge >= 0.3 is 5.97 Å². The van der Waals surface area contributed by atoms with Gasteiger partial charge in [-0.1, -0.05) is 45.4 Å². The number of ketones is 2. The van der Waals surface area contributed by atoms with Crippen molar-refractivity contribution in [1.82, 2.24) is 4.90 Å². The minimum absolute atomic E-state index is 0.00554. The van der Waals surface area contributed by atoms with Gasteiger partial charge in [0.05, 0.1) is 30.5 Å². The van der Waals surface area contributed by atoms with Crippen LogP contribution in [0.5, 0.6) is 0 Å². The highest BCUT2D eigenvalue weighted by Gasteiger charge is 2.56. The molecule has 55 heavy (non-hydrogen) atoms. The van der Waals surface area contributed by atoms with E-state index in [4.69, 9.17) is 23.7 Å². The van der Waals surface area contributed by atoms with Crippen LogP contribution in [-0.2, 0) is 42.9 Å². The summed E-state index contributed by atoms with van der Waals surface area (Å²) >= 11 is 0. The standard InChI is InChI=1S/C42H67NO12/c1-9-29-19-24(2)18-25(3)20-36(52-7)38-37(53-8)21-26(4)42(50,55-38)39(47)40(48)43-17-11-10-12-30(43)41(49)54-34(27(5)32(45)23-33(29)46)16-14-28-13-15-31(44)35(22-28)51-6/h14,16,19,25-32,34-38,44-45,50H,9-13,15,17-18,20-23H2,1-8H3. The highest BCUT2D eigenvalue weighted by atomic mass is 16.7. The van der Waals surface area contributed by atoms with Gasteiger partial charge < -0.3 is 43.9 Å². The Kier molecular flexibility index (Phi) is 16.6. The molecule has 0 aromatic rings. The third kappa shape index (κ3) is 10.9. The normalized spacial score (nSPS) is 41.0. The van der Waals surface area contributed by atoms with E-state index in [-0.39, 0.29) is 49.5 Å². The number of hydrogen-bond acceptors (Lipinski definition) is 12. The Morgan fingerprint density at radius 2 is 1.55 bits per heavy atom. The Labute approximate surface area is 327 Å². The van der Waals surface area contributed by atoms with Crippen molar-refractivity contribution >= 4 is 23.4 Å². The van der Waals surface area contributed by atoms with Gasteiger partial charge in [0, 0.05) is 52.0 Å². The number of ether oxygens (including phenoxy) is 5. The van der Waals surface area contributed by atoms with Crippen LogP contribution in [0.4, 0.5) is 0 Å². The second kappa shape index (κ2) is 20.3. The Morgan fingerprint density at radius 1 is 0.873 bits per heavy atom. The third-order valence-electron chi connectivity index (χ3n) is 12.6. The fourth-order valence-electron chi connectivity index (χ4n) is 8.95. The van der Waals surface area contributed by atoms with Gasteiger partial charge in [-0.05, 0) is 89.0 Å². The molecule has 0 spiro atoms. The summed E-state index contributed by atoms with van der Waals surface area (Å²) in [6.07, 6.45) is 5.37. The molecule has 0 aromatic carbocycles. The maximum Gasteiger partial charge on any atom is 0.329 e. The quantitative estimate of drug-likeness (QED) is 0.200. The summed E-state index contributed by atoms with van der Waals surface area (Å²) in [5.41, 5.74) is 0.994. The number of piperidine rings is 1. The van der Waals surface area contributed by atoms with E-state index in [1.807, 2.05) is 32.9 Å². The number of cyclic esters (lactones) is 1. The van der Waals surface area contributed by atoms with Crippen molar-refractivity contribution in [3.8, 4) is 0 Å². The van der Waals surface area contributed by atoms with Crippen LogP contribution in [-0.4, -0.2) is 126 Å². The smallest absolute Gasteiger partial charge is 0.329 e. The number of carbonyl (C=O) groups is 4. The molecule has 1 aliphatic carbocycles. The minimum atomic E-state index is -2.50. The second-order valence-electron chi connectivity index (χ2n) is 16.7. The first-order valence-corrected chi connectivity index (χ1v) is 20.4. The van der Waals surface area contributed by atoms with Gasteiger partial charge in [0.25, 0.3) is 11.7 Å². The average Bonchev–Trinajstić information content (AvgIpc) is 3.17. The molecule has 0 aromatic heterocycles. The van der Waals surface area contributed by atoms with Gasteiger partial charge in [-0.2, -0.15) is 0 Å². The topological polar surface area (TPSA) is 178 Å². The van der Waals surface area contributed by atoms with Crippen molar-refractivity contribution in [2.75, 3.05) is 27.9 Å². The average molecular weight is 778 g/mol. The Morgan fingerprint density at radius 3 is 2.20 bits per heavy atom. The van der Waals surface area contributed by atoms with Crippen LogP contribution in [0.25, 0.3) is 0 Å². The van der Waals surface area contributed by atoms with Crippen LogP contribution in [0.1, 0.15) is 105 Å². The lowest BCUT2D eigenvalue weighted by Gasteiger charge is -2.47. The zero-order valence-corrected chi connectivity index (χ0v) is 34.2. The molecule has 4 aliphatic rings. The van der Waals surface area contributed by atoms with Gasteiger partial charge in [0.2, 0.25) is 5.79 Å². The predicted octanol–water partition coefficient (Wildman–Crippen LogP) is 4.08. The highest BCUT2D eigenvalue weighted by Crippen LogP contribution is 2.39. The lowest BCUT2D eigenvalue weighted by Crippen LogP contribution is -2.64. The monoisotopic (exact) mass is 777 g/mol. The summed E-state index contributed by atoms with van der Waals surface area (Å²) in [6.45, 7) is 9.40. The van der Waals surface area contributed by atoms with E-state index in [9.17, 15) is 34.5 Å². The molecule has 3 heterocycles. The first kappa shape index (κ1) is 45.2. The maximum atomic E-state index is 14.2. The number of allylic oxidation sites excluding steroid dienone is 3. The van der Waals surface area contributed by atoms with Crippen molar-refractivity contribution < 1.29 is 58.2 Å². The fraction of sp³-hybridized carbons (Fsp3) is 0.810. The molecule has 3 fully saturated rings. The number of rotatable bonds is 6. The largest absolute Gasteiger partial charge is 0.456 e. The predicted molar refractivity (Wildman–Crippen MR) is 203 cm³/mol. The molecule has 13 nitrogen and oxygen atoms in total. The molecule has 0 radical (unpaired) electrons. The van der Waals surface area contributed by atoms with E-state index in [1.54, 1.807) is 27.0 Å². The SMILES string of the molecule is CCC1C=C(C)CC(C)CC(OC)C2OC(O)(C(=O)C(=O)N3CCCCC3C(=O)OC(C=CC3CCC(O)C(OC)C3)C(C)C(O)CC1=O)C(C)CC2OC. The number of nitrogens with zero attached hydrogens (tertiary/aromatic N) is 1. The van der Waals surface area contributed by atoms with Crippen molar-refractivity contribution in [2.24, 2.45) is 29.6 Å². The molecular weight excluding hydrogens is 710 g/mol. The van der Waals surface area contributed by atoms with E-state index in [0.29, 0.717) is 51.4 Å². The van der Waals surface area contributed by atoms with Crippen LogP contribution >= 0.6 is 0 Å². The number of fused-ring (bicyclic) bond motifs is 3. The molecule has 14 unspecified atom stereocenters. The van der Waals surface area contributed by atoms with E-state index >= 15 is 0 Å². The van der Waals surface area contributed by atoms with Crippen LogP contribution in [0, 0.1) is 29.6 Å². The highest BCUT2D eigenvalue weighted by molar-refractivity contribution is 6.39. The molecule has 13 heteroatoms. The molecule has 3 N–H and O–H groups in total. The van der Waals surface area contributed by atoms with Crippen LogP contribution in [0.3, 0.4) is 0 Å². The zero-order chi connectivity index (χ0) is 40.6. The number of aliphatic hydroxyl groups excluding tert-OH is 2. The molecule has 14 atom stereocenters. The van der Waals surface area contributed by atoms with Gasteiger partial charge in [-0.25, -0.2) is 4.79 Å². The van der Waals surface area contributed by atoms with Crippen molar-refractivity contribution in [3.63, 3.8) is 0 Å². The van der Waals surface area contributed by atoms with E-state index in [2.05, 4.69) is 0 Å². The zero-order valence-electron chi connectivity index (χ0n) is 34.2. The number of hydrogen-bond donors (Lipinski definition) is 3. The molecule has 1 saturated carbocycles. The molecule has 3 aliphatic heterocycles. The number of carbonyl (C=O) groups excluding carboxylic acids is 4. The van der Waals surface area contributed by atoms with Crippen molar-refractivity contribution in [3.05, 3.63) is 23.8 Å². The van der Waals surface area contributed by atoms with E-state index in [1.165, 1.54) is 19.1 Å². The molecule has 312 valence electrons. The second-order valence-corrected chi connectivity index (χ2v) is 16.7. The van der Waals surface area contributed by atoms with Gasteiger partial charge in [0.15, 0.2) is 0 Å². The maximum absolute atomic E-state index is 14.2. The molecule has 2 bridgehead atoms. The summed E-state index contributed by atoms with van der Waals surface area (Å²) in [6, 6.07) is -1.13. The lowest BCUT2D eigenvalue weighted by molar-refractivity contribution is -0.302. The first-order valence-electron chi connectivity index (χ1n) is 20.4. The summed E-state index contributed by atoms with van der Waals surface area (Å²) in [5, 5.41) is 33.8. The number of aliphatic hydroxyl groups is 3. The number of amides is 1. The lowest BCUT2D eigenvalue weighted by atomic mass is 9.82. The van der Waals surface area contributed by atoms with Crippen molar-refractivity contribution in [1.29, 1.82) is 0 Å². The van der Waals surface area contributed by atoms with Crippen molar-refractivity contribution in [2.45, 2.75) is 160 Å². The summed E-state index contributed by atoms with van der Waals surface area (Å²) in [5.74, 6) is -7.49. The fourth-order valence-corrected chi connectivity index (χ4v) is 8.95. The Bertz CT molecular complexity index is 1380. The molecule has 4 rings (SSSR count). The Hall–Kier alpha value is -2.52. The van der Waals surface area contributed by atoms with E-state index < -0.39 is 83.9 Å². The molecular formula is C42H67NO12. The van der Waals surface area contributed by atoms with Gasteiger partial charge in [-0.15, -0.1) is 0 Å². The summed E-state index contributed by atoms with van der Waals surface area (Å²) < 4.78 is 29.5. The first-order chi connectivity index (χ1) is 26.1. The van der Waals surface area contributed by atoms with Crippen LogP contribution in [0.2, 0.25) is 0 Å². The molecule has 1 amide bonds. The Balaban J connectivity index is 1.73. The summed E-state index contributed by atoms with van der Waals surface area (Å²) in [4.78, 5) is 57.3. The third-order valence-corrected chi connectivity index (χ3v) is 12.6. The molecule has 2 saturated heterocycles. The van der Waals surface area contributed by atoms with E-state index in [0.717, 1.165) is 5.57 Å². The van der Waals surface area contributed by atoms with Crippen LogP contribution in [0.15, 0.2) is 23.8 Å². The number of methoxy groups -OCH3 is 3. The number of Topliss-reactive ketones (excluding diaryl/α,β-unsaturated/α-hetero) is 2. The van der Waals surface area contributed by atoms with Crippen LogP contribution < -0.4 is 0 Å². The van der Waals surface area contributed by atoms with Gasteiger partial charge in [0.1, 0.15) is 24.0 Å². The minimum Gasteiger partial charge on any atom is -0.456 e. The number of esters is 1. The van der Waals surface area contributed by atoms with Gasteiger partial charge in [-0.3, -0.25) is 14.4 Å². The summed E-state index contributed by atoms with van der Waals surface area (Å²) in [7, 11) is 4.62.